The van der Waals surface area contributed by atoms with Crippen LogP contribution in [-0.4, -0.2) is 23.2 Å². The van der Waals surface area contributed by atoms with E-state index in [0.29, 0.717) is 29.6 Å². The van der Waals surface area contributed by atoms with E-state index < -0.39 is 0 Å². The molecule has 3 aromatic rings. The minimum Gasteiger partial charge on any atom is -0.493 e. The van der Waals surface area contributed by atoms with E-state index in [1.807, 2.05) is 19.1 Å². The number of anilines is 1. The Labute approximate surface area is 157 Å². The normalized spacial score (nSPS) is 10.5. The first-order valence-electron chi connectivity index (χ1n) is 8.48. The molecular weight excluding hydrogens is 346 g/mol. The van der Waals surface area contributed by atoms with E-state index in [1.54, 1.807) is 44.6 Å². The average molecular weight is 367 g/mol. The van der Waals surface area contributed by atoms with Gasteiger partial charge in [-0.1, -0.05) is 5.16 Å². The summed E-state index contributed by atoms with van der Waals surface area (Å²) in [4.78, 5) is 16.4. The summed E-state index contributed by atoms with van der Waals surface area (Å²) in [5.41, 5.74) is 3.13. The maximum atomic E-state index is 12.4. The van der Waals surface area contributed by atoms with Crippen LogP contribution in [0.2, 0.25) is 0 Å². The fourth-order valence-electron chi connectivity index (χ4n) is 2.63. The summed E-state index contributed by atoms with van der Waals surface area (Å²) in [6.45, 7) is 3.98. The number of aromatic nitrogens is 2. The van der Waals surface area contributed by atoms with E-state index in [1.165, 1.54) is 0 Å². The van der Waals surface area contributed by atoms with Crippen molar-refractivity contribution in [3.63, 3.8) is 0 Å². The monoisotopic (exact) mass is 367 g/mol. The molecule has 7 heteroatoms. The van der Waals surface area contributed by atoms with Gasteiger partial charge in [-0.15, -0.1) is 0 Å². The fourth-order valence-corrected chi connectivity index (χ4v) is 2.63. The number of hydrogen-bond donors (Lipinski definition) is 1. The molecule has 0 saturated heterocycles. The van der Waals surface area contributed by atoms with Gasteiger partial charge in [-0.3, -0.25) is 9.78 Å². The van der Waals surface area contributed by atoms with E-state index in [9.17, 15) is 4.79 Å². The molecule has 0 atom stereocenters. The fraction of sp³-hybridized carbons (Fsp3) is 0.250. The second-order valence-electron chi connectivity index (χ2n) is 6.04. The first kappa shape index (κ1) is 18.4. The van der Waals surface area contributed by atoms with Gasteiger partial charge >= 0.3 is 0 Å². The van der Waals surface area contributed by atoms with Crippen LogP contribution in [0.15, 0.2) is 47.2 Å². The molecule has 0 radical (unpaired) electrons. The summed E-state index contributed by atoms with van der Waals surface area (Å²) in [5.74, 6) is 1.63. The Balaban J connectivity index is 1.69. The van der Waals surface area contributed by atoms with Crippen LogP contribution in [0.4, 0.5) is 5.69 Å². The van der Waals surface area contributed by atoms with Crippen LogP contribution in [-0.2, 0) is 17.8 Å². The van der Waals surface area contributed by atoms with Crippen LogP contribution in [0.5, 0.6) is 11.5 Å². The minimum atomic E-state index is -0.158. The maximum Gasteiger partial charge on any atom is 0.229 e. The second kappa shape index (κ2) is 8.35. The van der Waals surface area contributed by atoms with Gasteiger partial charge in [0.25, 0.3) is 0 Å². The summed E-state index contributed by atoms with van der Waals surface area (Å²) in [6.07, 6.45) is 3.61. The standard InChI is InChI=1S/C20H21N3O4/c1-13-17(14(2)27-23-13)11-20(24)22-16-4-5-18(25-3)19(10-16)26-12-15-6-8-21-9-7-15/h4-10H,11-12H2,1-3H3,(H,22,24). The number of pyridine rings is 1. The highest BCUT2D eigenvalue weighted by atomic mass is 16.5. The molecule has 0 spiro atoms. The maximum absolute atomic E-state index is 12.4. The number of carbonyl (C=O) groups excluding carboxylic acids is 1. The Morgan fingerprint density at radius 3 is 2.59 bits per heavy atom. The first-order valence-corrected chi connectivity index (χ1v) is 8.48. The highest BCUT2D eigenvalue weighted by molar-refractivity contribution is 5.92. The van der Waals surface area contributed by atoms with Crippen molar-refractivity contribution < 1.29 is 18.8 Å². The van der Waals surface area contributed by atoms with Gasteiger partial charge in [-0.05, 0) is 43.7 Å². The third kappa shape index (κ3) is 4.63. The zero-order chi connectivity index (χ0) is 19.2. The van der Waals surface area contributed by atoms with Gasteiger partial charge in [0.1, 0.15) is 12.4 Å². The molecule has 140 valence electrons. The third-order valence-electron chi connectivity index (χ3n) is 4.11. The van der Waals surface area contributed by atoms with E-state index in [0.717, 1.165) is 16.8 Å². The Morgan fingerprint density at radius 2 is 1.93 bits per heavy atom. The van der Waals surface area contributed by atoms with Gasteiger partial charge in [-0.25, -0.2) is 0 Å². The lowest BCUT2D eigenvalue weighted by atomic mass is 10.1. The molecule has 0 unspecified atom stereocenters. The molecule has 0 bridgehead atoms. The van der Waals surface area contributed by atoms with Gasteiger partial charge in [-0.2, -0.15) is 0 Å². The smallest absolute Gasteiger partial charge is 0.229 e. The van der Waals surface area contributed by atoms with Crippen LogP contribution < -0.4 is 14.8 Å². The molecule has 27 heavy (non-hydrogen) atoms. The van der Waals surface area contributed by atoms with Crippen molar-refractivity contribution in [3.8, 4) is 11.5 Å². The number of hydrogen-bond acceptors (Lipinski definition) is 6. The number of amides is 1. The predicted octanol–water partition coefficient (Wildman–Crippen LogP) is 3.46. The van der Waals surface area contributed by atoms with Gasteiger partial charge in [0.2, 0.25) is 5.91 Å². The number of aryl methyl sites for hydroxylation is 2. The highest BCUT2D eigenvalue weighted by Crippen LogP contribution is 2.31. The van der Waals surface area contributed by atoms with Crippen LogP contribution in [0, 0.1) is 13.8 Å². The molecule has 1 N–H and O–H groups in total. The van der Waals surface area contributed by atoms with Crippen molar-refractivity contribution in [1.29, 1.82) is 0 Å². The number of nitrogens with one attached hydrogen (secondary N) is 1. The summed E-state index contributed by atoms with van der Waals surface area (Å²) in [5, 5.41) is 6.74. The number of methoxy groups -OCH3 is 1. The lowest BCUT2D eigenvalue weighted by Crippen LogP contribution is -2.15. The van der Waals surface area contributed by atoms with E-state index in [-0.39, 0.29) is 12.3 Å². The lowest BCUT2D eigenvalue weighted by molar-refractivity contribution is -0.115. The number of ether oxygens (including phenoxy) is 2. The molecule has 1 aromatic carbocycles. The highest BCUT2D eigenvalue weighted by Gasteiger charge is 2.14. The molecule has 2 heterocycles. The Morgan fingerprint density at radius 1 is 1.15 bits per heavy atom. The summed E-state index contributed by atoms with van der Waals surface area (Å²) >= 11 is 0. The van der Waals surface area contributed by atoms with Crippen LogP contribution >= 0.6 is 0 Å². The molecule has 0 fully saturated rings. The topological polar surface area (TPSA) is 86.5 Å². The second-order valence-corrected chi connectivity index (χ2v) is 6.04. The molecule has 1 amide bonds. The average Bonchev–Trinajstić information content (AvgIpc) is 2.99. The number of nitrogens with zero attached hydrogens (tertiary/aromatic N) is 2. The van der Waals surface area contributed by atoms with Crippen molar-refractivity contribution in [2.45, 2.75) is 26.9 Å². The molecule has 2 aromatic heterocycles. The van der Waals surface area contributed by atoms with Gasteiger partial charge in [0, 0.05) is 29.7 Å². The van der Waals surface area contributed by atoms with Crippen molar-refractivity contribution >= 4 is 11.6 Å². The predicted molar refractivity (Wildman–Crippen MR) is 99.9 cm³/mol. The zero-order valence-electron chi connectivity index (χ0n) is 15.5. The van der Waals surface area contributed by atoms with Crippen LogP contribution in [0.3, 0.4) is 0 Å². The summed E-state index contributed by atoms with van der Waals surface area (Å²) < 4.78 is 16.3. The molecule has 3 rings (SSSR count). The van der Waals surface area contributed by atoms with Crippen molar-refractivity contribution in [2.75, 3.05) is 12.4 Å². The molecule has 0 aliphatic rings. The molecule has 7 nitrogen and oxygen atoms in total. The van der Waals surface area contributed by atoms with E-state index in [2.05, 4.69) is 15.5 Å². The van der Waals surface area contributed by atoms with Crippen molar-refractivity contribution in [3.05, 3.63) is 65.3 Å². The Bertz CT molecular complexity index is 903. The van der Waals surface area contributed by atoms with E-state index >= 15 is 0 Å². The van der Waals surface area contributed by atoms with Crippen molar-refractivity contribution in [2.24, 2.45) is 0 Å². The number of carbonyl (C=O) groups is 1. The van der Waals surface area contributed by atoms with Gasteiger partial charge < -0.3 is 19.3 Å². The van der Waals surface area contributed by atoms with E-state index in [4.69, 9.17) is 14.0 Å². The van der Waals surface area contributed by atoms with Gasteiger partial charge in [0.05, 0.1) is 19.2 Å². The Kier molecular flexibility index (Phi) is 5.71. The molecule has 0 saturated carbocycles. The minimum absolute atomic E-state index is 0.158. The first-order chi connectivity index (χ1) is 13.1. The Hall–Kier alpha value is -3.35. The lowest BCUT2D eigenvalue weighted by Gasteiger charge is -2.13. The number of benzene rings is 1. The largest absolute Gasteiger partial charge is 0.493 e. The summed E-state index contributed by atoms with van der Waals surface area (Å²) in [6, 6.07) is 9.02. The van der Waals surface area contributed by atoms with Crippen LogP contribution in [0.1, 0.15) is 22.6 Å². The molecule has 0 aliphatic heterocycles. The summed E-state index contributed by atoms with van der Waals surface area (Å²) in [7, 11) is 1.57. The van der Waals surface area contributed by atoms with Gasteiger partial charge in [0.15, 0.2) is 11.5 Å². The zero-order valence-corrected chi connectivity index (χ0v) is 15.5. The third-order valence-corrected chi connectivity index (χ3v) is 4.11. The molecule has 0 aliphatic carbocycles. The quantitative estimate of drug-likeness (QED) is 0.688. The number of rotatable bonds is 7. The molecular formula is C20H21N3O4. The van der Waals surface area contributed by atoms with Crippen LogP contribution in [0.25, 0.3) is 0 Å². The van der Waals surface area contributed by atoms with Crippen molar-refractivity contribution in [1.82, 2.24) is 10.1 Å². The SMILES string of the molecule is COc1ccc(NC(=O)Cc2c(C)noc2C)cc1OCc1ccncc1.